The fourth-order valence-corrected chi connectivity index (χ4v) is 2.73. The van der Waals surface area contributed by atoms with Gasteiger partial charge in [0.2, 0.25) is 0 Å². The molecule has 0 unspecified atom stereocenters. The van der Waals surface area contributed by atoms with Crippen LogP contribution in [0.4, 0.5) is 0 Å². The highest BCUT2D eigenvalue weighted by Gasteiger charge is 2.15. The largest absolute Gasteiger partial charge is 0.332 e. The highest BCUT2D eigenvalue weighted by atomic mass is 16.2. The lowest BCUT2D eigenvalue weighted by Gasteiger charge is -2.11. The maximum Gasteiger partial charge on any atom is 0.332 e. The van der Waals surface area contributed by atoms with Crippen LogP contribution in [-0.2, 0) is 20.6 Å². The Balaban J connectivity index is 2.32. The highest BCUT2D eigenvalue weighted by Crippen LogP contribution is 2.16. The molecule has 5 heteroatoms. The van der Waals surface area contributed by atoms with Gasteiger partial charge in [-0.15, -0.1) is 0 Å². The van der Waals surface area contributed by atoms with Crippen LogP contribution in [0.5, 0.6) is 0 Å². The minimum atomic E-state index is -0.306. The van der Waals surface area contributed by atoms with Gasteiger partial charge in [-0.05, 0) is 18.6 Å². The van der Waals surface area contributed by atoms with E-state index < -0.39 is 0 Å². The number of nitrogens with zero attached hydrogens (tertiary/aromatic N) is 3. The summed E-state index contributed by atoms with van der Waals surface area (Å²) in [6, 6.07) is 11.8. The summed E-state index contributed by atoms with van der Waals surface area (Å²) >= 11 is 0. The molecule has 0 atom stereocenters. The zero-order valence-electron chi connectivity index (χ0n) is 12.3. The summed E-state index contributed by atoms with van der Waals surface area (Å²) in [5, 5.41) is 0.577. The van der Waals surface area contributed by atoms with Crippen molar-refractivity contribution in [3.63, 3.8) is 0 Å². The van der Waals surface area contributed by atoms with Crippen molar-refractivity contribution < 1.29 is 0 Å². The van der Waals surface area contributed by atoms with Crippen LogP contribution in [0.25, 0.3) is 11.0 Å². The van der Waals surface area contributed by atoms with Crippen molar-refractivity contribution >= 4 is 11.0 Å². The first kappa shape index (κ1) is 13.4. The van der Waals surface area contributed by atoms with Gasteiger partial charge in [0.15, 0.2) is 0 Å². The summed E-state index contributed by atoms with van der Waals surface area (Å²) in [5.41, 5.74) is 2.21. The van der Waals surface area contributed by atoms with Gasteiger partial charge in [0, 0.05) is 26.3 Å². The maximum atomic E-state index is 12.3. The van der Waals surface area contributed by atoms with Crippen molar-refractivity contribution in [1.29, 1.82) is 0 Å². The summed E-state index contributed by atoms with van der Waals surface area (Å²) in [5.74, 6) is 0. The molecule has 0 amide bonds. The molecule has 3 aromatic rings. The Morgan fingerprint density at radius 3 is 2.33 bits per heavy atom. The number of aromatic nitrogens is 3. The highest BCUT2D eigenvalue weighted by molar-refractivity contribution is 5.77. The molecule has 21 heavy (non-hydrogen) atoms. The van der Waals surface area contributed by atoms with Crippen molar-refractivity contribution in [2.24, 2.45) is 14.1 Å². The predicted octanol–water partition coefficient (Wildman–Crippen LogP) is 1.40. The van der Waals surface area contributed by atoms with Crippen LogP contribution in [0.2, 0.25) is 0 Å². The van der Waals surface area contributed by atoms with Crippen LogP contribution >= 0.6 is 0 Å². The van der Waals surface area contributed by atoms with Crippen LogP contribution in [0.3, 0.4) is 0 Å². The molecule has 0 bridgehead atoms. The molecule has 0 fully saturated rings. The van der Waals surface area contributed by atoms with Crippen molar-refractivity contribution in [3.8, 4) is 0 Å². The lowest BCUT2D eigenvalue weighted by Crippen LogP contribution is -2.37. The molecule has 108 valence electrons. The van der Waals surface area contributed by atoms with Crippen molar-refractivity contribution in [3.05, 3.63) is 68.5 Å². The number of hydrogen-bond donors (Lipinski definition) is 0. The van der Waals surface area contributed by atoms with Gasteiger partial charge in [0.1, 0.15) is 5.65 Å². The van der Waals surface area contributed by atoms with E-state index in [1.54, 1.807) is 7.05 Å². The lowest BCUT2D eigenvalue weighted by atomic mass is 10.2. The molecule has 0 spiro atoms. The Labute approximate surface area is 121 Å². The molecular formula is C16H17N3O2. The van der Waals surface area contributed by atoms with Crippen LogP contribution < -0.4 is 11.2 Å². The van der Waals surface area contributed by atoms with Gasteiger partial charge in [-0.1, -0.05) is 30.3 Å². The molecule has 5 nitrogen and oxygen atoms in total. The first-order valence-electron chi connectivity index (χ1n) is 6.80. The topological polar surface area (TPSA) is 48.9 Å². The molecule has 0 radical (unpaired) electrons. The third-order valence-corrected chi connectivity index (χ3v) is 3.89. The SMILES string of the molecule is Cc1cc2c(=O)n(C)c(=O)n(C)c2n1Cc1ccccc1. The van der Waals surface area contributed by atoms with E-state index in [-0.39, 0.29) is 11.2 Å². The summed E-state index contributed by atoms with van der Waals surface area (Å²) in [6.45, 7) is 2.59. The van der Waals surface area contributed by atoms with Crippen molar-refractivity contribution in [2.75, 3.05) is 0 Å². The first-order valence-corrected chi connectivity index (χ1v) is 6.80. The normalized spacial score (nSPS) is 11.2. The number of benzene rings is 1. The minimum Gasteiger partial charge on any atom is -0.327 e. The number of rotatable bonds is 2. The summed E-state index contributed by atoms with van der Waals surface area (Å²) in [4.78, 5) is 24.4. The van der Waals surface area contributed by atoms with Crippen LogP contribution in [0, 0.1) is 6.92 Å². The second kappa shape index (κ2) is 4.77. The standard InChI is InChI=1S/C16H17N3O2/c1-11-9-13-14(17(2)16(21)18(3)15(13)20)19(11)10-12-7-5-4-6-8-12/h4-9H,10H2,1-3H3. The summed E-state index contributed by atoms with van der Waals surface area (Å²) in [7, 11) is 3.21. The average molecular weight is 283 g/mol. The Kier molecular flexibility index (Phi) is 3.05. The Hall–Kier alpha value is -2.56. The summed E-state index contributed by atoms with van der Waals surface area (Å²) in [6.07, 6.45) is 0. The second-order valence-corrected chi connectivity index (χ2v) is 5.30. The van der Waals surface area contributed by atoms with E-state index in [9.17, 15) is 9.59 Å². The molecule has 0 aliphatic carbocycles. The number of aryl methyl sites for hydroxylation is 2. The molecule has 1 aromatic carbocycles. The van der Waals surface area contributed by atoms with E-state index in [4.69, 9.17) is 0 Å². The Bertz CT molecular complexity index is 930. The van der Waals surface area contributed by atoms with Crippen LogP contribution in [-0.4, -0.2) is 13.7 Å². The predicted molar refractivity (Wildman–Crippen MR) is 82.7 cm³/mol. The maximum absolute atomic E-state index is 12.3. The lowest BCUT2D eigenvalue weighted by molar-refractivity contribution is 0.683. The van der Waals surface area contributed by atoms with Gasteiger partial charge in [-0.2, -0.15) is 0 Å². The van der Waals surface area contributed by atoms with Crippen LogP contribution in [0.15, 0.2) is 46.0 Å². The van der Waals surface area contributed by atoms with Crippen molar-refractivity contribution in [1.82, 2.24) is 13.7 Å². The molecular weight excluding hydrogens is 266 g/mol. The van der Waals surface area contributed by atoms with E-state index in [0.29, 0.717) is 17.6 Å². The smallest absolute Gasteiger partial charge is 0.327 e. The minimum absolute atomic E-state index is 0.247. The molecule has 2 heterocycles. The summed E-state index contributed by atoms with van der Waals surface area (Å²) < 4.78 is 4.69. The molecule has 0 N–H and O–H groups in total. The van der Waals surface area contributed by atoms with Gasteiger partial charge in [-0.25, -0.2) is 4.79 Å². The van der Waals surface area contributed by atoms with Gasteiger partial charge < -0.3 is 4.57 Å². The quantitative estimate of drug-likeness (QED) is 0.713. The monoisotopic (exact) mass is 283 g/mol. The third kappa shape index (κ3) is 2.01. The van der Waals surface area contributed by atoms with Gasteiger partial charge >= 0.3 is 5.69 Å². The van der Waals surface area contributed by atoms with E-state index in [1.807, 2.05) is 47.9 Å². The zero-order valence-corrected chi connectivity index (χ0v) is 12.3. The van der Waals surface area contributed by atoms with E-state index in [1.165, 1.54) is 11.6 Å². The van der Waals surface area contributed by atoms with Crippen LogP contribution in [0.1, 0.15) is 11.3 Å². The van der Waals surface area contributed by atoms with E-state index in [2.05, 4.69) is 0 Å². The van der Waals surface area contributed by atoms with Gasteiger partial charge in [0.05, 0.1) is 5.39 Å². The molecule has 0 aliphatic heterocycles. The molecule has 0 saturated heterocycles. The fraction of sp³-hybridized carbons (Fsp3) is 0.250. The second-order valence-electron chi connectivity index (χ2n) is 5.30. The zero-order chi connectivity index (χ0) is 15.1. The van der Waals surface area contributed by atoms with E-state index in [0.717, 1.165) is 15.8 Å². The molecule has 0 saturated carbocycles. The Morgan fingerprint density at radius 1 is 1.00 bits per heavy atom. The third-order valence-electron chi connectivity index (χ3n) is 3.89. The number of hydrogen-bond acceptors (Lipinski definition) is 2. The molecule has 3 rings (SSSR count). The average Bonchev–Trinajstić information content (AvgIpc) is 2.81. The molecule has 0 aliphatic rings. The number of fused-ring (bicyclic) bond motifs is 1. The van der Waals surface area contributed by atoms with Gasteiger partial charge in [-0.3, -0.25) is 13.9 Å². The fourth-order valence-electron chi connectivity index (χ4n) is 2.73. The van der Waals surface area contributed by atoms with Crippen molar-refractivity contribution in [2.45, 2.75) is 13.5 Å². The van der Waals surface area contributed by atoms with Gasteiger partial charge in [0.25, 0.3) is 5.56 Å². The molecule has 2 aromatic heterocycles. The Morgan fingerprint density at radius 2 is 1.67 bits per heavy atom. The first-order chi connectivity index (χ1) is 10.0. The van der Waals surface area contributed by atoms with E-state index >= 15 is 0 Å².